The molecule has 0 spiro atoms. The second kappa shape index (κ2) is 2.05. The third kappa shape index (κ3) is 1.42. The molecule has 0 aliphatic rings. The van der Waals surface area contributed by atoms with E-state index in [9.17, 15) is 4.79 Å². The van der Waals surface area contributed by atoms with Gasteiger partial charge in [-0.05, 0) is 18.6 Å². The SMILES string of the molecule is [CH2]c1cc(C)cc(=O)o1. The molecule has 0 N–H and O–H groups in total. The number of rotatable bonds is 0. The van der Waals surface area contributed by atoms with Crippen LogP contribution in [0.2, 0.25) is 0 Å². The van der Waals surface area contributed by atoms with E-state index < -0.39 is 0 Å². The van der Waals surface area contributed by atoms with Crippen LogP contribution in [0.5, 0.6) is 0 Å². The van der Waals surface area contributed by atoms with Crippen molar-refractivity contribution in [1.29, 1.82) is 0 Å². The van der Waals surface area contributed by atoms with Gasteiger partial charge in [0.25, 0.3) is 0 Å². The van der Waals surface area contributed by atoms with Crippen LogP contribution in [0.1, 0.15) is 11.3 Å². The summed E-state index contributed by atoms with van der Waals surface area (Å²) in [5.74, 6) is 0.417. The molecule has 0 aromatic carbocycles. The molecule has 0 fully saturated rings. The minimum Gasteiger partial charge on any atom is -0.428 e. The lowest BCUT2D eigenvalue weighted by molar-refractivity contribution is 0.492. The first-order chi connectivity index (χ1) is 4.18. The molecule has 0 unspecified atom stereocenters. The standard InChI is InChI=1S/C7H7O2/c1-5-3-6(2)9-7(8)4-5/h3-4H,2H2,1H3. The summed E-state index contributed by atoms with van der Waals surface area (Å²) >= 11 is 0. The molecule has 0 saturated carbocycles. The van der Waals surface area contributed by atoms with Gasteiger partial charge in [-0.2, -0.15) is 0 Å². The molecule has 0 amide bonds. The molecule has 1 aromatic rings. The average molecular weight is 123 g/mol. The Morgan fingerprint density at radius 3 is 2.67 bits per heavy atom. The Hall–Kier alpha value is -1.05. The monoisotopic (exact) mass is 123 g/mol. The highest BCUT2D eigenvalue weighted by molar-refractivity contribution is 5.12. The summed E-state index contributed by atoms with van der Waals surface area (Å²) in [5, 5.41) is 0. The Kier molecular flexibility index (Phi) is 1.39. The van der Waals surface area contributed by atoms with Gasteiger partial charge in [0.1, 0.15) is 5.76 Å². The highest BCUT2D eigenvalue weighted by Crippen LogP contribution is 1.95. The third-order valence-corrected chi connectivity index (χ3v) is 0.966. The Balaban J connectivity index is 3.33. The van der Waals surface area contributed by atoms with E-state index in [2.05, 4.69) is 11.3 Å². The van der Waals surface area contributed by atoms with Crippen LogP contribution in [0, 0.1) is 13.8 Å². The molecule has 0 saturated heterocycles. The van der Waals surface area contributed by atoms with Crippen molar-refractivity contribution in [2.45, 2.75) is 6.92 Å². The van der Waals surface area contributed by atoms with E-state index >= 15 is 0 Å². The molecule has 1 aromatic heterocycles. The van der Waals surface area contributed by atoms with Crippen LogP contribution < -0.4 is 5.63 Å². The average Bonchev–Trinajstić information content (AvgIpc) is 1.59. The summed E-state index contributed by atoms with van der Waals surface area (Å²) in [6.45, 7) is 5.30. The highest BCUT2D eigenvalue weighted by Gasteiger charge is 1.89. The lowest BCUT2D eigenvalue weighted by Crippen LogP contribution is -1.97. The summed E-state index contributed by atoms with van der Waals surface area (Å²) in [7, 11) is 0. The van der Waals surface area contributed by atoms with E-state index in [-0.39, 0.29) is 5.63 Å². The van der Waals surface area contributed by atoms with E-state index in [1.54, 1.807) is 6.07 Å². The fraction of sp³-hybridized carbons (Fsp3) is 0.143. The van der Waals surface area contributed by atoms with Crippen LogP contribution >= 0.6 is 0 Å². The predicted octanol–water partition coefficient (Wildman–Crippen LogP) is 1.13. The zero-order chi connectivity index (χ0) is 6.85. The molecule has 1 rings (SSSR count). The van der Waals surface area contributed by atoms with Crippen molar-refractivity contribution >= 4 is 0 Å². The fourth-order valence-corrected chi connectivity index (χ4v) is 0.670. The topological polar surface area (TPSA) is 30.2 Å². The second-order valence-electron chi connectivity index (χ2n) is 1.92. The van der Waals surface area contributed by atoms with E-state index in [1.807, 2.05) is 6.92 Å². The van der Waals surface area contributed by atoms with Crippen LogP contribution in [-0.4, -0.2) is 0 Å². The first-order valence-electron chi connectivity index (χ1n) is 2.62. The van der Waals surface area contributed by atoms with Crippen molar-refractivity contribution in [3.63, 3.8) is 0 Å². The summed E-state index contributed by atoms with van der Waals surface area (Å²) in [4.78, 5) is 10.5. The van der Waals surface area contributed by atoms with Gasteiger partial charge in [-0.25, -0.2) is 4.79 Å². The fourth-order valence-electron chi connectivity index (χ4n) is 0.670. The summed E-state index contributed by atoms with van der Waals surface area (Å²) in [5.41, 5.74) is 0.552. The molecule has 1 radical (unpaired) electrons. The Labute approximate surface area is 53.1 Å². The van der Waals surface area contributed by atoms with Crippen LogP contribution in [-0.2, 0) is 0 Å². The zero-order valence-electron chi connectivity index (χ0n) is 5.18. The quantitative estimate of drug-likeness (QED) is 0.517. The van der Waals surface area contributed by atoms with Gasteiger partial charge >= 0.3 is 5.63 Å². The molecule has 47 valence electrons. The molecule has 0 bridgehead atoms. The summed E-state index contributed by atoms with van der Waals surface area (Å²) in [6.07, 6.45) is 0. The molecule has 2 heteroatoms. The highest BCUT2D eigenvalue weighted by atomic mass is 16.4. The molecule has 1 heterocycles. The largest absolute Gasteiger partial charge is 0.428 e. The van der Waals surface area contributed by atoms with Gasteiger partial charge in [-0.15, -0.1) is 0 Å². The smallest absolute Gasteiger partial charge is 0.336 e. The van der Waals surface area contributed by atoms with Crippen molar-refractivity contribution in [3.8, 4) is 0 Å². The maximum Gasteiger partial charge on any atom is 0.336 e. The van der Waals surface area contributed by atoms with Gasteiger partial charge in [0.2, 0.25) is 0 Å². The van der Waals surface area contributed by atoms with E-state index in [1.165, 1.54) is 6.07 Å². The van der Waals surface area contributed by atoms with Crippen molar-refractivity contribution in [2.24, 2.45) is 0 Å². The third-order valence-electron chi connectivity index (χ3n) is 0.966. The second-order valence-corrected chi connectivity index (χ2v) is 1.92. The lowest BCUT2D eigenvalue weighted by atomic mass is 10.3. The Bertz CT molecular complexity index is 237. The minimum atomic E-state index is -0.333. The van der Waals surface area contributed by atoms with E-state index in [4.69, 9.17) is 0 Å². The maximum atomic E-state index is 10.5. The van der Waals surface area contributed by atoms with Crippen LogP contribution in [0.25, 0.3) is 0 Å². The normalized spacial score (nSPS) is 9.56. The molecule has 0 atom stereocenters. The summed E-state index contributed by atoms with van der Waals surface area (Å²) in [6, 6.07) is 3.14. The van der Waals surface area contributed by atoms with Gasteiger partial charge in [-0.3, -0.25) is 0 Å². The molecule has 0 aliphatic carbocycles. The van der Waals surface area contributed by atoms with Crippen LogP contribution in [0.15, 0.2) is 21.3 Å². The predicted molar refractivity (Wildman–Crippen MR) is 34.2 cm³/mol. The van der Waals surface area contributed by atoms with Gasteiger partial charge in [0.05, 0.1) is 0 Å². The molecule has 2 nitrogen and oxygen atoms in total. The van der Waals surface area contributed by atoms with Gasteiger partial charge in [-0.1, -0.05) is 0 Å². The molecule has 0 aliphatic heterocycles. The van der Waals surface area contributed by atoms with Crippen molar-refractivity contribution in [2.75, 3.05) is 0 Å². The Morgan fingerprint density at radius 2 is 2.22 bits per heavy atom. The maximum absolute atomic E-state index is 10.5. The van der Waals surface area contributed by atoms with Gasteiger partial charge < -0.3 is 4.42 Å². The van der Waals surface area contributed by atoms with E-state index in [0.29, 0.717) is 5.76 Å². The first kappa shape index (κ1) is 6.08. The number of aryl methyl sites for hydroxylation is 1. The van der Waals surface area contributed by atoms with Crippen LogP contribution in [0.4, 0.5) is 0 Å². The minimum absolute atomic E-state index is 0.333. The number of hydrogen-bond donors (Lipinski definition) is 0. The van der Waals surface area contributed by atoms with Crippen molar-refractivity contribution < 1.29 is 4.42 Å². The van der Waals surface area contributed by atoms with Gasteiger partial charge in [0.15, 0.2) is 0 Å². The van der Waals surface area contributed by atoms with E-state index in [0.717, 1.165) is 5.56 Å². The summed E-state index contributed by atoms with van der Waals surface area (Å²) < 4.78 is 4.59. The van der Waals surface area contributed by atoms with Crippen LogP contribution in [0.3, 0.4) is 0 Å². The van der Waals surface area contributed by atoms with Crippen molar-refractivity contribution in [1.82, 2.24) is 0 Å². The molecular formula is C7H7O2. The van der Waals surface area contributed by atoms with Crippen molar-refractivity contribution in [3.05, 3.63) is 40.8 Å². The Morgan fingerprint density at radius 1 is 1.56 bits per heavy atom. The molecular weight excluding hydrogens is 116 g/mol. The zero-order valence-corrected chi connectivity index (χ0v) is 5.18. The number of hydrogen-bond acceptors (Lipinski definition) is 2. The molecule has 9 heavy (non-hydrogen) atoms. The lowest BCUT2D eigenvalue weighted by Gasteiger charge is -1.89. The first-order valence-corrected chi connectivity index (χ1v) is 2.62. The van der Waals surface area contributed by atoms with Gasteiger partial charge in [0, 0.05) is 13.0 Å².